The number of carbonyl (C=O) groups is 1. The van der Waals surface area contributed by atoms with E-state index in [0.29, 0.717) is 5.56 Å². The van der Waals surface area contributed by atoms with Crippen LogP contribution in [-0.2, 0) is 34.7 Å². The van der Waals surface area contributed by atoms with Crippen molar-refractivity contribution < 1.29 is 26.4 Å². The van der Waals surface area contributed by atoms with Crippen LogP contribution in [0.1, 0.15) is 25.8 Å². The van der Waals surface area contributed by atoms with Crippen LogP contribution in [0.4, 0.5) is 0 Å². The van der Waals surface area contributed by atoms with E-state index in [0.717, 1.165) is 0 Å². The third-order valence-corrected chi connectivity index (χ3v) is 11.0. The second kappa shape index (κ2) is 9.39. The van der Waals surface area contributed by atoms with Crippen molar-refractivity contribution in [3.05, 3.63) is 96.6 Å². The van der Waals surface area contributed by atoms with E-state index in [1.807, 2.05) is 0 Å². The Labute approximate surface area is 205 Å². The monoisotopic (exact) mass is 511 g/mol. The van der Waals surface area contributed by atoms with Gasteiger partial charge in [0.05, 0.1) is 9.79 Å². The van der Waals surface area contributed by atoms with Gasteiger partial charge >= 0.3 is 5.97 Å². The minimum atomic E-state index is -4.47. The van der Waals surface area contributed by atoms with E-state index in [1.54, 1.807) is 56.3 Å². The summed E-state index contributed by atoms with van der Waals surface area (Å²) in [6.07, 6.45) is -0.638. The van der Waals surface area contributed by atoms with Crippen LogP contribution in [0.5, 0.6) is 0 Å². The Morgan fingerprint density at radius 3 is 1.57 bits per heavy atom. The maximum Gasteiger partial charge on any atom is 0.345 e. The average Bonchev–Trinajstić information content (AvgIpc) is 3.21. The van der Waals surface area contributed by atoms with Crippen LogP contribution in [-0.4, -0.2) is 33.3 Å². The zero-order chi connectivity index (χ0) is 25.3. The first kappa shape index (κ1) is 24.8. The fraction of sp³-hybridized carbons (Fsp3) is 0.231. The zero-order valence-electron chi connectivity index (χ0n) is 19.2. The molecule has 35 heavy (non-hydrogen) atoms. The Balaban J connectivity index is 1.96. The van der Waals surface area contributed by atoms with Crippen molar-refractivity contribution in [3.63, 3.8) is 0 Å². The molecule has 4 rings (SSSR count). The molecule has 0 bridgehead atoms. The van der Waals surface area contributed by atoms with Gasteiger partial charge in [0.1, 0.15) is 0 Å². The molecule has 3 aromatic carbocycles. The van der Waals surface area contributed by atoms with Crippen molar-refractivity contribution in [3.8, 4) is 0 Å². The molecule has 0 N–H and O–H groups in total. The molecule has 0 unspecified atom stereocenters. The molecule has 7 nitrogen and oxygen atoms in total. The summed E-state index contributed by atoms with van der Waals surface area (Å²) in [6, 6.07) is 23.1. The van der Waals surface area contributed by atoms with Crippen molar-refractivity contribution in [2.75, 3.05) is 0 Å². The van der Waals surface area contributed by atoms with Crippen molar-refractivity contribution in [1.82, 2.24) is 0 Å². The maximum atomic E-state index is 13.9. The molecule has 0 radical (unpaired) electrons. The number of ether oxygens (including phenoxy) is 1. The molecule has 1 heterocycles. The van der Waals surface area contributed by atoms with Gasteiger partial charge in [-0.15, -0.1) is 0 Å². The van der Waals surface area contributed by atoms with E-state index < -0.39 is 42.2 Å². The SMILES string of the molecule is CC(C)C1=N[C@@](CC(S(=O)(=O)c2ccccc2)S(=O)(=O)c2ccccc2)(c2ccccc2)C(=O)O1. The highest BCUT2D eigenvalue weighted by Gasteiger charge is 2.54. The van der Waals surface area contributed by atoms with Crippen LogP contribution in [0, 0.1) is 5.92 Å². The highest BCUT2D eigenvalue weighted by Crippen LogP contribution is 2.42. The van der Waals surface area contributed by atoms with Gasteiger partial charge in [0.2, 0.25) is 0 Å². The molecule has 0 amide bonds. The van der Waals surface area contributed by atoms with E-state index in [-0.39, 0.29) is 21.6 Å². The Bertz CT molecular complexity index is 1380. The fourth-order valence-corrected chi connectivity index (χ4v) is 8.58. The first-order chi connectivity index (χ1) is 16.6. The molecule has 3 aromatic rings. The summed E-state index contributed by atoms with van der Waals surface area (Å²) in [5.74, 6) is -0.935. The van der Waals surface area contributed by atoms with Crippen LogP contribution in [0.25, 0.3) is 0 Å². The third-order valence-electron chi connectivity index (χ3n) is 5.88. The molecule has 1 aliphatic heterocycles. The van der Waals surface area contributed by atoms with Gasteiger partial charge in [-0.2, -0.15) is 0 Å². The predicted octanol–water partition coefficient (Wildman–Crippen LogP) is 4.16. The molecule has 0 saturated carbocycles. The number of carbonyl (C=O) groups excluding carboxylic acids is 1. The van der Waals surface area contributed by atoms with Gasteiger partial charge in [-0.1, -0.05) is 80.6 Å². The summed E-state index contributed by atoms with van der Waals surface area (Å²) in [5, 5.41) is 0. The molecule has 0 aliphatic carbocycles. The summed E-state index contributed by atoms with van der Waals surface area (Å²) in [6.45, 7) is 3.57. The molecule has 0 aromatic heterocycles. The second-order valence-electron chi connectivity index (χ2n) is 8.57. The largest absolute Gasteiger partial charge is 0.410 e. The maximum absolute atomic E-state index is 13.9. The number of cyclic esters (lactones) is 1. The molecule has 0 spiro atoms. The molecule has 182 valence electrons. The molecule has 1 atom stereocenters. The predicted molar refractivity (Wildman–Crippen MR) is 132 cm³/mol. The van der Waals surface area contributed by atoms with Gasteiger partial charge in [-0.05, 0) is 29.8 Å². The zero-order valence-corrected chi connectivity index (χ0v) is 20.9. The summed E-state index contributed by atoms with van der Waals surface area (Å²) < 4.78 is 58.9. The Morgan fingerprint density at radius 1 is 0.743 bits per heavy atom. The number of sulfone groups is 2. The van der Waals surface area contributed by atoms with E-state index in [1.165, 1.54) is 48.5 Å². The molecule has 0 fully saturated rings. The molecule has 0 saturated heterocycles. The number of nitrogens with zero attached hydrogens (tertiary/aromatic N) is 1. The normalized spacial score (nSPS) is 18.5. The highest BCUT2D eigenvalue weighted by atomic mass is 32.3. The minimum Gasteiger partial charge on any atom is -0.410 e. The summed E-state index contributed by atoms with van der Waals surface area (Å²) >= 11 is 0. The minimum absolute atomic E-state index is 0.131. The molecular weight excluding hydrogens is 486 g/mol. The number of hydrogen-bond donors (Lipinski definition) is 0. The van der Waals surface area contributed by atoms with Crippen LogP contribution >= 0.6 is 0 Å². The Kier molecular flexibility index (Phi) is 6.66. The van der Waals surface area contributed by atoms with Gasteiger partial charge in [0.25, 0.3) is 0 Å². The van der Waals surface area contributed by atoms with Crippen LogP contribution < -0.4 is 0 Å². The van der Waals surface area contributed by atoms with E-state index in [4.69, 9.17) is 4.74 Å². The number of benzene rings is 3. The average molecular weight is 512 g/mol. The van der Waals surface area contributed by atoms with Gasteiger partial charge < -0.3 is 4.74 Å². The second-order valence-corrected chi connectivity index (χ2v) is 13.1. The van der Waals surface area contributed by atoms with Gasteiger partial charge in [0, 0.05) is 12.3 Å². The van der Waals surface area contributed by atoms with Gasteiger partial charge in [0.15, 0.2) is 35.7 Å². The Hall–Kier alpha value is -3.30. The van der Waals surface area contributed by atoms with Crippen molar-refractivity contribution in [2.45, 2.75) is 40.2 Å². The number of aliphatic imine (C=N–C) groups is 1. The number of rotatable bonds is 8. The summed E-state index contributed by atoms with van der Waals surface area (Å²) in [5.41, 5.74) is -1.48. The molecular formula is C26H25NO6S2. The lowest BCUT2D eigenvalue weighted by atomic mass is 9.88. The molecule has 9 heteroatoms. The van der Waals surface area contributed by atoms with Crippen LogP contribution in [0.15, 0.2) is 106 Å². The van der Waals surface area contributed by atoms with Gasteiger partial charge in [-0.25, -0.2) is 26.6 Å². The standard InChI is InChI=1S/C26H25NO6S2/c1-19(2)24-27-26(25(28)33-24,20-12-6-3-7-13-20)18-23(34(29,30)21-14-8-4-9-15-21)35(31,32)22-16-10-5-11-17-22/h3-17,19,23H,18H2,1-2H3/t26-/m0/s1. The van der Waals surface area contributed by atoms with Gasteiger partial charge in [-0.3, -0.25) is 0 Å². The summed E-state index contributed by atoms with van der Waals surface area (Å²) in [7, 11) is -8.93. The summed E-state index contributed by atoms with van der Waals surface area (Å²) in [4.78, 5) is 17.6. The van der Waals surface area contributed by atoms with Crippen LogP contribution in [0.2, 0.25) is 0 Å². The lowest BCUT2D eigenvalue weighted by Crippen LogP contribution is -2.41. The quantitative estimate of drug-likeness (QED) is 0.421. The van der Waals surface area contributed by atoms with Crippen molar-refractivity contribution in [2.24, 2.45) is 10.9 Å². The van der Waals surface area contributed by atoms with E-state index >= 15 is 0 Å². The molecule has 1 aliphatic rings. The van der Waals surface area contributed by atoms with E-state index in [2.05, 4.69) is 4.99 Å². The fourth-order valence-electron chi connectivity index (χ4n) is 3.98. The third kappa shape index (κ3) is 4.53. The number of esters is 1. The highest BCUT2D eigenvalue weighted by molar-refractivity contribution is 8.09. The lowest BCUT2D eigenvalue weighted by Gasteiger charge is -2.28. The first-order valence-electron chi connectivity index (χ1n) is 11.0. The first-order valence-corrected chi connectivity index (χ1v) is 14.1. The smallest absolute Gasteiger partial charge is 0.345 e. The topological polar surface area (TPSA) is 107 Å². The lowest BCUT2D eigenvalue weighted by molar-refractivity contribution is -0.139. The van der Waals surface area contributed by atoms with Crippen LogP contribution in [0.3, 0.4) is 0 Å². The van der Waals surface area contributed by atoms with Crippen molar-refractivity contribution in [1.29, 1.82) is 0 Å². The Morgan fingerprint density at radius 2 is 1.17 bits per heavy atom. The van der Waals surface area contributed by atoms with Crippen molar-refractivity contribution >= 4 is 31.5 Å². The number of hydrogen-bond acceptors (Lipinski definition) is 7. The van der Waals surface area contributed by atoms with E-state index in [9.17, 15) is 21.6 Å².